The minimum atomic E-state index is -4.65. The van der Waals surface area contributed by atoms with Crippen LogP contribution in [0.2, 0.25) is 0 Å². The Bertz CT molecular complexity index is 707. The molecular formula is C15H16F4O3S. The van der Waals surface area contributed by atoms with E-state index in [-0.39, 0.29) is 18.4 Å². The summed E-state index contributed by atoms with van der Waals surface area (Å²) >= 11 is 0. The smallest absolute Gasteiger partial charge is 0.389 e. The van der Waals surface area contributed by atoms with Crippen molar-refractivity contribution < 1.29 is 31.1 Å². The molecule has 128 valence electrons. The fraction of sp³-hybridized carbons (Fsp3) is 0.600. The predicted octanol–water partition coefficient (Wildman–Crippen LogP) is 2.86. The van der Waals surface area contributed by atoms with Crippen molar-refractivity contribution in [2.24, 2.45) is 0 Å². The number of hydrogen-bond donors (Lipinski definition) is 1. The summed E-state index contributed by atoms with van der Waals surface area (Å²) in [5.74, 6) is -0.817. The summed E-state index contributed by atoms with van der Waals surface area (Å²) in [6.45, 7) is 0. The molecule has 2 heterocycles. The van der Waals surface area contributed by atoms with E-state index in [2.05, 4.69) is 0 Å². The topological polar surface area (TPSA) is 54.4 Å². The minimum Gasteiger partial charge on any atom is -0.389 e. The van der Waals surface area contributed by atoms with Crippen molar-refractivity contribution in [3.63, 3.8) is 0 Å². The SMILES string of the molecule is O=S1(=O)C2CCC1CC(O)(Cc1cc(F)ccc1C(F)(F)F)C2. The molecule has 23 heavy (non-hydrogen) atoms. The van der Waals surface area contributed by atoms with Crippen LogP contribution in [0, 0.1) is 5.82 Å². The Hall–Kier alpha value is -1.15. The first-order valence-corrected chi connectivity index (χ1v) is 8.93. The number of halogens is 4. The van der Waals surface area contributed by atoms with Crippen LogP contribution in [0.4, 0.5) is 17.6 Å². The third-order valence-electron chi connectivity index (χ3n) is 4.85. The second-order valence-corrected chi connectivity index (χ2v) is 9.03. The summed E-state index contributed by atoms with van der Waals surface area (Å²) in [5, 5.41) is 9.24. The van der Waals surface area contributed by atoms with E-state index in [1.807, 2.05) is 0 Å². The minimum absolute atomic E-state index is 0.0976. The highest BCUT2D eigenvalue weighted by molar-refractivity contribution is 7.93. The summed E-state index contributed by atoms with van der Waals surface area (Å²) in [6.07, 6.45) is -4.41. The number of aliphatic hydroxyl groups is 1. The Kier molecular flexibility index (Phi) is 3.76. The highest BCUT2D eigenvalue weighted by Gasteiger charge is 2.52. The lowest BCUT2D eigenvalue weighted by Crippen LogP contribution is -2.46. The number of alkyl halides is 3. The molecule has 2 fully saturated rings. The van der Waals surface area contributed by atoms with Crippen molar-refractivity contribution in [3.8, 4) is 0 Å². The fourth-order valence-corrected chi connectivity index (χ4v) is 6.38. The standard InChI is InChI=1S/C15H16F4O3S/c16-10-1-4-13(15(17,18)19)9(5-10)6-14(20)7-11-2-3-12(8-14)23(11,21)22/h1,4-5,11-12,20H,2-3,6-8H2. The Morgan fingerprint density at radius 1 is 1.17 bits per heavy atom. The van der Waals surface area contributed by atoms with Crippen molar-refractivity contribution in [1.82, 2.24) is 0 Å². The molecule has 1 aromatic carbocycles. The van der Waals surface area contributed by atoms with Crippen LogP contribution in [-0.2, 0) is 22.4 Å². The van der Waals surface area contributed by atoms with Gasteiger partial charge in [-0.2, -0.15) is 13.2 Å². The summed E-state index contributed by atoms with van der Waals surface area (Å²) < 4.78 is 76.6. The normalized spacial score (nSPS) is 32.9. The van der Waals surface area contributed by atoms with Crippen molar-refractivity contribution in [1.29, 1.82) is 0 Å². The number of rotatable bonds is 2. The van der Waals surface area contributed by atoms with E-state index < -0.39 is 49.9 Å². The fourth-order valence-electron chi connectivity index (χ4n) is 3.82. The molecule has 0 aliphatic carbocycles. The molecule has 2 bridgehead atoms. The molecule has 8 heteroatoms. The Morgan fingerprint density at radius 3 is 2.26 bits per heavy atom. The van der Waals surface area contributed by atoms with Crippen molar-refractivity contribution in [2.45, 2.75) is 54.4 Å². The van der Waals surface area contributed by atoms with Crippen LogP contribution in [0.15, 0.2) is 18.2 Å². The lowest BCUT2D eigenvalue weighted by molar-refractivity contribution is -0.138. The number of benzene rings is 1. The molecule has 0 aromatic heterocycles. The Balaban J connectivity index is 1.93. The molecule has 3 nitrogen and oxygen atoms in total. The molecule has 0 saturated carbocycles. The zero-order chi connectivity index (χ0) is 17.0. The maximum absolute atomic E-state index is 13.4. The molecule has 0 amide bonds. The van der Waals surface area contributed by atoms with E-state index >= 15 is 0 Å². The monoisotopic (exact) mass is 352 g/mol. The average Bonchev–Trinajstić information content (AvgIpc) is 2.57. The van der Waals surface area contributed by atoms with Crippen molar-refractivity contribution >= 4 is 9.84 Å². The maximum atomic E-state index is 13.4. The van der Waals surface area contributed by atoms with Crippen LogP contribution in [0.25, 0.3) is 0 Å². The summed E-state index contributed by atoms with van der Waals surface area (Å²) in [7, 11) is -3.30. The van der Waals surface area contributed by atoms with Gasteiger partial charge in [-0.25, -0.2) is 12.8 Å². The van der Waals surface area contributed by atoms with Gasteiger partial charge in [-0.3, -0.25) is 0 Å². The van der Waals surface area contributed by atoms with E-state index in [9.17, 15) is 31.1 Å². The van der Waals surface area contributed by atoms with Gasteiger partial charge < -0.3 is 5.11 Å². The molecule has 2 aliphatic rings. The molecule has 3 rings (SSSR count). The summed E-state index contributed by atoms with van der Waals surface area (Å²) in [4.78, 5) is 0. The van der Waals surface area contributed by atoms with E-state index in [0.717, 1.165) is 12.1 Å². The molecule has 2 unspecified atom stereocenters. The number of fused-ring (bicyclic) bond motifs is 2. The second-order valence-electron chi connectivity index (χ2n) is 6.52. The van der Waals surface area contributed by atoms with Gasteiger partial charge in [0.1, 0.15) is 5.82 Å². The first-order valence-electron chi connectivity index (χ1n) is 7.32. The predicted molar refractivity (Wildman–Crippen MR) is 75.0 cm³/mol. The maximum Gasteiger partial charge on any atom is 0.416 e. The van der Waals surface area contributed by atoms with Crippen LogP contribution in [0.1, 0.15) is 36.8 Å². The van der Waals surface area contributed by atoms with E-state index in [4.69, 9.17) is 0 Å². The van der Waals surface area contributed by atoms with Gasteiger partial charge in [0, 0.05) is 6.42 Å². The van der Waals surface area contributed by atoms with Crippen LogP contribution in [0.3, 0.4) is 0 Å². The highest BCUT2D eigenvalue weighted by atomic mass is 32.2. The van der Waals surface area contributed by atoms with E-state index in [1.54, 1.807) is 0 Å². The van der Waals surface area contributed by atoms with Gasteiger partial charge in [-0.1, -0.05) is 0 Å². The lowest BCUT2D eigenvalue weighted by atomic mass is 9.85. The molecule has 1 N–H and O–H groups in total. The van der Waals surface area contributed by atoms with Gasteiger partial charge in [0.2, 0.25) is 0 Å². The largest absolute Gasteiger partial charge is 0.416 e. The van der Waals surface area contributed by atoms with Gasteiger partial charge >= 0.3 is 6.18 Å². The molecular weight excluding hydrogens is 336 g/mol. The van der Waals surface area contributed by atoms with Crippen molar-refractivity contribution in [3.05, 3.63) is 35.1 Å². The van der Waals surface area contributed by atoms with Crippen LogP contribution in [-0.4, -0.2) is 29.6 Å². The molecule has 1 aromatic rings. The van der Waals surface area contributed by atoms with Gasteiger partial charge in [-0.05, 0) is 49.4 Å². The third-order valence-corrected chi connectivity index (χ3v) is 7.51. The first kappa shape index (κ1) is 16.7. The number of hydrogen-bond acceptors (Lipinski definition) is 3. The zero-order valence-corrected chi connectivity index (χ0v) is 12.9. The van der Waals surface area contributed by atoms with Crippen LogP contribution >= 0.6 is 0 Å². The molecule has 2 atom stereocenters. The molecule has 2 aliphatic heterocycles. The average molecular weight is 352 g/mol. The van der Waals surface area contributed by atoms with Gasteiger partial charge in [0.15, 0.2) is 9.84 Å². The highest BCUT2D eigenvalue weighted by Crippen LogP contribution is 2.45. The first-order chi connectivity index (χ1) is 10.5. The van der Waals surface area contributed by atoms with Gasteiger partial charge in [-0.15, -0.1) is 0 Å². The van der Waals surface area contributed by atoms with E-state index in [1.165, 1.54) is 0 Å². The van der Waals surface area contributed by atoms with Gasteiger partial charge in [0.25, 0.3) is 0 Å². The molecule has 0 radical (unpaired) electrons. The zero-order valence-electron chi connectivity index (χ0n) is 12.1. The Labute approximate surface area is 131 Å². The van der Waals surface area contributed by atoms with E-state index in [0.29, 0.717) is 18.9 Å². The molecule has 0 spiro atoms. The lowest BCUT2D eigenvalue weighted by Gasteiger charge is -2.36. The quantitative estimate of drug-likeness (QED) is 0.833. The van der Waals surface area contributed by atoms with Crippen LogP contribution in [0.5, 0.6) is 0 Å². The summed E-state index contributed by atoms with van der Waals surface area (Å²) in [6, 6.07) is 2.15. The number of sulfone groups is 1. The van der Waals surface area contributed by atoms with Crippen molar-refractivity contribution in [2.75, 3.05) is 0 Å². The van der Waals surface area contributed by atoms with Gasteiger partial charge in [0.05, 0.1) is 21.7 Å². The second kappa shape index (κ2) is 5.17. The Morgan fingerprint density at radius 2 is 1.74 bits per heavy atom. The van der Waals surface area contributed by atoms with Crippen LogP contribution < -0.4 is 0 Å². The molecule has 2 saturated heterocycles. The third kappa shape index (κ3) is 2.98. The summed E-state index contributed by atoms with van der Waals surface area (Å²) in [5.41, 5.74) is -2.88.